The number of amides is 1. The maximum atomic E-state index is 11.1. The van der Waals surface area contributed by atoms with Crippen molar-refractivity contribution >= 4 is 11.7 Å². The first-order valence-corrected chi connectivity index (χ1v) is 5.11. The molecule has 0 heterocycles. The van der Waals surface area contributed by atoms with E-state index < -0.39 is 12.0 Å². The van der Waals surface area contributed by atoms with Crippen molar-refractivity contribution in [3.8, 4) is 5.75 Å². The minimum absolute atomic E-state index is 0.0439. The van der Waals surface area contributed by atoms with Crippen LogP contribution in [0.5, 0.6) is 5.75 Å². The van der Waals surface area contributed by atoms with Crippen LogP contribution in [0.4, 0.5) is 0 Å². The Balaban J connectivity index is 2.84. The van der Waals surface area contributed by atoms with Gasteiger partial charge in [-0.25, -0.2) is 0 Å². The molecule has 4 heteroatoms. The summed E-state index contributed by atoms with van der Waals surface area (Å²) in [5, 5.41) is 0. The molecule has 1 rings (SSSR count). The zero-order valence-corrected chi connectivity index (χ0v) is 9.40. The van der Waals surface area contributed by atoms with E-state index >= 15 is 0 Å². The zero-order chi connectivity index (χ0) is 12.1. The molecule has 2 N–H and O–H groups in total. The molecule has 1 unspecified atom stereocenters. The van der Waals surface area contributed by atoms with Crippen LogP contribution < -0.4 is 10.5 Å². The van der Waals surface area contributed by atoms with E-state index in [0.717, 1.165) is 0 Å². The predicted octanol–water partition coefficient (Wildman–Crippen LogP) is 1.53. The highest BCUT2D eigenvalue weighted by Gasteiger charge is 2.14. The average Bonchev–Trinajstić information content (AvgIpc) is 2.25. The van der Waals surface area contributed by atoms with Gasteiger partial charge in [-0.15, -0.1) is 0 Å². The van der Waals surface area contributed by atoms with Crippen molar-refractivity contribution in [1.82, 2.24) is 0 Å². The van der Waals surface area contributed by atoms with E-state index in [0.29, 0.717) is 17.7 Å². The van der Waals surface area contributed by atoms with Crippen LogP contribution in [0.3, 0.4) is 0 Å². The number of ether oxygens (including phenoxy) is 1. The van der Waals surface area contributed by atoms with Crippen molar-refractivity contribution < 1.29 is 14.3 Å². The molecule has 0 aliphatic carbocycles. The van der Waals surface area contributed by atoms with Crippen molar-refractivity contribution in [2.45, 2.75) is 26.4 Å². The summed E-state index contributed by atoms with van der Waals surface area (Å²) >= 11 is 0. The van der Waals surface area contributed by atoms with Crippen LogP contribution in [0, 0.1) is 0 Å². The van der Waals surface area contributed by atoms with E-state index in [9.17, 15) is 9.59 Å². The lowest BCUT2D eigenvalue weighted by molar-refractivity contribution is -0.124. The van der Waals surface area contributed by atoms with E-state index in [-0.39, 0.29) is 5.78 Å². The highest BCUT2D eigenvalue weighted by Crippen LogP contribution is 2.16. The second-order valence-corrected chi connectivity index (χ2v) is 3.50. The van der Waals surface area contributed by atoms with E-state index in [1.807, 2.05) is 6.92 Å². The third-order valence-corrected chi connectivity index (χ3v) is 2.21. The van der Waals surface area contributed by atoms with Crippen LogP contribution in [0.2, 0.25) is 0 Å². The van der Waals surface area contributed by atoms with Crippen LogP contribution in [-0.4, -0.2) is 17.8 Å². The summed E-state index contributed by atoms with van der Waals surface area (Å²) < 4.78 is 5.39. The lowest BCUT2D eigenvalue weighted by Crippen LogP contribution is -2.33. The zero-order valence-electron chi connectivity index (χ0n) is 9.40. The van der Waals surface area contributed by atoms with Gasteiger partial charge in [0.2, 0.25) is 0 Å². The Kier molecular flexibility index (Phi) is 4.05. The molecule has 0 aliphatic rings. The predicted molar refractivity (Wildman–Crippen MR) is 60.3 cm³/mol. The summed E-state index contributed by atoms with van der Waals surface area (Å²) in [6, 6.07) is 6.70. The molecule has 0 bridgehead atoms. The molecule has 4 nitrogen and oxygen atoms in total. The summed E-state index contributed by atoms with van der Waals surface area (Å²) in [7, 11) is 0. The Bertz CT molecular complexity index is 401. The van der Waals surface area contributed by atoms with E-state index in [1.165, 1.54) is 6.92 Å². The Labute approximate surface area is 94.4 Å². The first-order chi connectivity index (χ1) is 7.54. The Morgan fingerprint density at radius 2 is 2.12 bits per heavy atom. The fourth-order valence-electron chi connectivity index (χ4n) is 1.30. The number of primary amides is 1. The number of carbonyl (C=O) groups excluding carboxylic acids is 2. The largest absolute Gasteiger partial charge is 0.481 e. The molecule has 16 heavy (non-hydrogen) atoms. The van der Waals surface area contributed by atoms with Gasteiger partial charge in [0, 0.05) is 5.56 Å². The average molecular weight is 221 g/mol. The molecule has 0 radical (unpaired) electrons. The third-order valence-electron chi connectivity index (χ3n) is 2.21. The molecule has 0 saturated heterocycles. The number of rotatable bonds is 5. The van der Waals surface area contributed by atoms with Crippen molar-refractivity contribution in [1.29, 1.82) is 0 Å². The minimum atomic E-state index is -0.651. The topological polar surface area (TPSA) is 69.4 Å². The number of Topliss-reactive ketones (excluding diaryl/α,β-unsaturated/α-hetero) is 1. The fourth-order valence-corrected chi connectivity index (χ4v) is 1.30. The highest BCUT2D eigenvalue weighted by atomic mass is 16.5. The Morgan fingerprint density at radius 1 is 1.44 bits per heavy atom. The molecule has 0 saturated carbocycles. The summed E-state index contributed by atoms with van der Waals surface area (Å²) in [5.74, 6) is -0.0633. The van der Waals surface area contributed by atoms with Gasteiger partial charge >= 0.3 is 0 Å². The number of hydrogen-bond donors (Lipinski definition) is 1. The molecule has 0 aliphatic heterocycles. The number of benzene rings is 1. The van der Waals surface area contributed by atoms with Gasteiger partial charge in [0.05, 0.1) is 0 Å². The second-order valence-electron chi connectivity index (χ2n) is 3.50. The number of ketones is 1. The van der Waals surface area contributed by atoms with Crippen LogP contribution in [0.1, 0.15) is 30.6 Å². The molecule has 1 aromatic carbocycles. The Hall–Kier alpha value is -1.84. The molecule has 1 atom stereocenters. The maximum Gasteiger partial charge on any atom is 0.258 e. The lowest BCUT2D eigenvalue weighted by atomic mass is 10.1. The number of nitrogens with two attached hydrogens (primary N) is 1. The molecule has 1 amide bonds. The maximum absolute atomic E-state index is 11.1. The molecule has 86 valence electrons. The highest BCUT2D eigenvalue weighted by molar-refractivity contribution is 5.94. The van der Waals surface area contributed by atoms with Gasteiger partial charge < -0.3 is 10.5 Å². The lowest BCUT2D eigenvalue weighted by Gasteiger charge is -2.14. The van der Waals surface area contributed by atoms with E-state index in [2.05, 4.69) is 0 Å². The Morgan fingerprint density at radius 3 is 2.62 bits per heavy atom. The molecule has 1 aromatic rings. The van der Waals surface area contributed by atoms with Crippen LogP contribution in [0.15, 0.2) is 24.3 Å². The van der Waals surface area contributed by atoms with Crippen LogP contribution >= 0.6 is 0 Å². The molecule has 0 spiro atoms. The quantitative estimate of drug-likeness (QED) is 0.766. The van der Waals surface area contributed by atoms with Gasteiger partial charge in [0.1, 0.15) is 5.75 Å². The second kappa shape index (κ2) is 5.30. The van der Waals surface area contributed by atoms with E-state index in [1.54, 1.807) is 24.3 Å². The monoisotopic (exact) mass is 221 g/mol. The standard InChI is InChI=1S/C12H15NO3/c1-3-11(12(13)15)16-10-6-4-5-9(7-10)8(2)14/h4-7,11H,3H2,1-2H3,(H2,13,15). The molecular formula is C12H15NO3. The van der Waals surface area contributed by atoms with Gasteiger partial charge in [-0.05, 0) is 25.5 Å². The van der Waals surface area contributed by atoms with Crippen molar-refractivity contribution in [2.24, 2.45) is 5.73 Å². The van der Waals surface area contributed by atoms with Crippen LogP contribution in [0.25, 0.3) is 0 Å². The SMILES string of the molecule is CCC(Oc1cccc(C(C)=O)c1)C(N)=O. The smallest absolute Gasteiger partial charge is 0.258 e. The van der Waals surface area contributed by atoms with Gasteiger partial charge in [-0.1, -0.05) is 19.1 Å². The van der Waals surface area contributed by atoms with E-state index in [4.69, 9.17) is 10.5 Å². The fraction of sp³-hybridized carbons (Fsp3) is 0.333. The van der Waals surface area contributed by atoms with Crippen LogP contribution in [-0.2, 0) is 4.79 Å². The summed E-state index contributed by atoms with van der Waals surface area (Å²) in [6.45, 7) is 3.29. The molecule has 0 fully saturated rings. The number of carbonyl (C=O) groups is 2. The normalized spacial score (nSPS) is 11.9. The number of hydrogen-bond acceptors (Lipinski definition) is 3. The van der Waals surface area contributed by atoms with Gasteiger partial charge in [-0.3, -0.25) is 9.59 Å². The summed E-state index contributed by atoms with van der Waals surface area (Å²) in [5.41, 5.74) is 5.71. The minimum Gasteiger partial charge on any atom is -0.481 e. The summed E-state index contributed by atoms with van der Waals surface area (Å²) in [4.78, 5) is 22.1. The van der Waals surface area contributed by atoms with Crippen molar-refractivity contribution in [3.63, 3.8) is 0 Å². The first kappa shape index (κ1) is 12.2. The van der Waals surface area contributed by atoms with Crippen molar-refractivity contribution in [2.75, 3.05) is 0 Å². The first-order valence-electron chi connectivity index (χ1n) is 5.11. The van der Waals surface area contributed by atoms with Gasteiger partial charge in [-0.2, -0.15) is 0 Å². The summed E-state index contributed by atoms with van der Waals surface area (Å²) in [6.07, 6.45) is -0.151. The third kappa shape index (κ3) is 3.08. The van der Waals surface area contributed by atoms with Gasteiger partial charge in [0.25, 0.3) is 5.91 Å². The molecular weight excluding hydrogens is 206 g/mol. The van der Waals surface area contributed by atoms with Gasteiger partial charge in [0.15, 0.2) is 11.9 Å². The van der Waals surface area contributed by atoms with Crippen molar-refractivity contribution in [3.05, 3.63) is 29.8 Å². The molecule has 0 aromatic heterocycles.